The minimum Gasteiger partial charge on any atom is -0.478 e. The minimum absolute atomic E-state index is 0.206. The Kier molecular flexibility index (Phi) is 21.3. The van der Waals surface area contributed by atoms with Gasteiger partial charge in [-0.1, -0.05) is 94.4 Å². The van der Waals surface area contributed by atoms with Crippen molar-refractivity contribution in [1.29, 1.82) is 0 Å². The van der Waals surface area contributed by atoms with Crippen LogP contribution in [-0.2, 0) is 0 Å². The molecule has 0 saturated carbocycles. The van der Waals surface area contributed by atoms with Crippen molar-refractivity contribution in [3.8, 4) is 0 Å². The number of rotatable bonds is 18. The maximum Gasteiger partial charge on any atom is 0.336 e. The number of carboxylic acids is 6. The maximum atomic E-state index is 11.1. The fraction of sp³-hybridized carbons (Fsp3) is 0.0233. The minimum atomic E-state index is -1.000. The van der Waals surface area contributed by atoms with Crippen LogP contribution >= 0.6 is 86.4 Å². The molecule has 0 amide bonds. The van der Waals surface area contributed by atoms with E-state index in [9.17, 15) is 28.8 Å². The second kappa shape index (κ2) is 26.5. The zero-order chi connectivity index (χ0) is 45.7. The fourth-order valence-corrected chi connectivity index (χ4v) is 15.1. The monoisotopic (exact) mass is 996 g/mol. The topological polar surface area (TPSA) is 224 Å². The van der Waals surface area contributed by atoms with Gasteiger partial charge in [0.2, 0.25) is 0 Å². The van der Waals surface area contributed by atoms with E-state index < -0.39 is 35.8 Å². The number of carbonyl (C=O) groups is 6. The molecule has 0 spiro atoms. The standard InChI is InChI=1S/C15H12O4S2.C14H10O4S4.C14H10O4S2/c16-14(17)10-5-1-3-7-12(10)20-9-21-13-8-4-2-6-11(13)15(18)19;15-13(16)9-5-1-3-7-11(9)19-21-22-20-12-8-4-2-6-10(12)14(17)18;15-13(16)9-5-1-3-7-11(9)19-20-12-8-4-2-6-10(12)14(17)18/h1-8H,9H2,(H,16,17)(H,18,19);1-8H,(H,15,16)(H,17,18);1-8H,(H,15,16)(H,17,18). The van der Waals surface area contributed by atoms with Gasteiger partial charge in [0.1, 0.15) is 0 Å². The molecule has 0 aliphatic heterocycles. The first kappa shape index (κ1) is 50.6. The van der Waals surface area contributed by atoms with Gasteiger partial charge in [0.25, 0.3) is 0 Å². The van der Waals surface area contributed by atoms with Crippen molar-refractivity contribution >= 4 is 122 Å². The second-order valence-corrected chi connectivity index (χ2v) is 22.0. The summed E-state index contributed by atoms with van der Waals surface area (Å²) in [5.41, 5.74) is 1.45. The quantitative estimate of drug-likeness (QED) is 0.0204. The van der Waals surface area contributed by atoms with Crippen LogP contribution in [0.25, 0.3) is 0 Å². The lowest BCUT2D eigenvalue weighted by molar-refractivity contribution is 0.0682. The molecule has 0 aromatic heterocycles. The number of hydrogen-bond donors (Lipinski definition) is 6. The Labute approximate surface area is 392 Å². The molecular weight excluding hydrogens is 965 g/mol. The number of hydrogen-bond acceptors (Lipinski definition) is 14. The Balaban J connectivity index is 0.000000208. The normalized spacial score (nSPS) is 10.3. The van der Waals surface area contributed by atoms with Crippen LogP contribution in [0.15, 0.2) is 175 Å². The molecule has 0 radical (unpaired) electrons. The molecular formula is C43H32O12S8. The smallest absolute Gasteiger partial charge is 0.336 e. The van der Waals surface area contributed by atoms with Crippen LogP contribution in [0, 0.1) is 0 Å². The summed E-state index contributed by atoms with van der Waals surface area (Å²) in [5.74, 6) is -5.85. The van der Waals surface area contributed by atoms with E-state index >= 15 is 0 Å². The van der Waals surface area contributed by atoms with Crippen molar-refractivity contribution in [1.82, 2.24) is 0 Å². The largest absolute Gasteiger partial charge is 0.478 e. The van der Waals surface area contributed by atoms with Crippen LogP contribution in [0.4, 0.5) is 0 Å². The van der Waals surface area contributed by atoms with Gasteiger partial charge in [-0.25, -0.2) is 28.8 Å². The molecule has 20 heteroatoms. The fourth-order valence-electron chi connectivity index (χ4n) is 4.75. The van der Waals surface area contributed by atoms with Crippen molar-refractivity contribution in [3.63, 3.8) is 0 Å². The molecule has 0 aliphatic carbocycles. The second-order valence-electron chi connectivity index (χ2n) is 11.7. The Morgan fingerprint density at radius 3 is 0.714 bits per heavy atom. The maximum absolute atomic E-state index is 11.1. The van der Waals surface area contributed by atoms with E-state index in [2.05, 4.69) is 0 Å². The lowest BCUT2D eigenvalue weighted by Crippen LogP contribution is -1.99. The highest BCUT2D eigenvalue weighted by Crippen LogP contribution is 2.50. The molecule has 63 heavy (non-hydrogen) atoms. The number of benzene rings is 6. The summed E-state index contributed by atoms with van der Waals surface area (Å²) in [5, 5.41) is 55.1. The van der Waals surface area contributed by atoms with E-state index in [-0.39, 0.29) is 33.4 Å². The van der Waals surface area contributed by atoms with Crippen LogP contribution in [0.1, 0.15) is 62.1 Å². The van der Waals surface area contributed by atoms with E-state index in [1.54, 1.807) is 133 Å². The third-order valence-electron chi connectivity index (χ3n) is 7.63. The highest BCUT2D eigenvalue weighted by Gasteiger charge is 2.16. The summed E-state index contributed by atoms with van der Waals surface area (Å²) in [4.78, 5) is 70.4. The van der Waals surface area contributed by atoms with Gasteiger partial charge in [-0.3, -0.25) is 0 Å². The molecule has 0 atom stereocenters. The Morgan fingerprint density at radius 2 is 0.476 bits per heavy atom. The van der Waals surface area contributed by atoms with Crippen molar-refractivity contribution in [2.24, 2.45) is 0 Å². The molecule has 6 aromatic carbocycles. The molecule has 0 unspecified atom stereocenters. The predicted molar refractivity (Wildman–Crippen MR) is 256 cm³/mol. The summed E-state index contributed by atoms with van der Waals surface area (Å²) >= 11 is 2.76. The van der Waals surface area contributed by atoms with Gasteiger partial charge in [-0.05, 0) is 114 Å². The third kappa shape index (κ3) is 16.2. The van der Waals surface area contributed by atoms with Crippen molar-refractivity contribution in [2.45, 2.75) is 29.4 Å². The predicted octanol–water partition coefficient (Wildman–Crippen LogP) is 13.0. The van der Waals surface area contributed by atoms with Gasteiger partial charge in [-0.2, -0.15) is 0 Å². The van der Waals surface area contributed by atoms with Crippen molar-refractivity contribution < 1.29 is 59.4 Å². The van der Waals surface area contributed by atoms with Crippen LogP contribution in [0.3, 0.4) is 0 Å². The Bertz CT molecular complexity index is 2400. The summed E-state index contributed by atoms with van der Waals surface area (Å²) in [7, 11) is 7.93. The number of aromatic carboxylic acids is 6. The lowest BCUT2D eigenvalue weighted by Gasteiger charge is -2.07. The molecule has 0 fully saturated rings. The van der Waals surface area contributed by atoms with Gasteiger partial charge in [-0.15, -0.1) is 23.5 Å². The first-order chi connectivity index (χ1) is 30.3. The third-order valence-corrected chi connectivity index (χ3v) is 18.5. The van der Waals surface area contributed by atoms with E-state index in [1.165, 1.54) is 98.5 Å². The van der Waals surface area contributed by atoms with Gasteiger partial charge in [0, 0.05) is 34.5 Å². The summed E-state index contributed by atoms with van der Waals surface area (Å²) < 4.78 is 0. The first-order valence-corrected chi connectivity index (χ1v) is 26.4. The van der Waals surface area contributed by atoms with E-state index in [4.69, 9.17) is 30.6 Å². The Hall–Kier alpha value is -5.06. The zero-order valence-electron chi connectivity index (χ0n) is 32.0. The highest BCUT2D eigenvalue weighted by atomic mass is 33.7. The molecule has 12 nitrogen and oxygen atoms in total. The lowest BCUT2D eigenvalue weighted by atomic mass is 10.2. The molecule has 0 saturated heterocycles. The SMILES string of the molecule is O=C(O)c1ccccc1SCSc1ccccc1C(=O)O.O=C(O)c1ccccc1SSSSc1ccccc1C(=O)O.O=C(O)c1ccccc1SSc1ccccc1C(=O)O. The molecule has 6 aromatic rings. The van der Waals surface area contributed by atoms with Gasteiger partial charge in [0.05, 0.1) is 33.4 Å². The van der Waals surface area contributed by atoms with Crippen LogP contribution < -0.4 is 0 Å². The van der Waals surface area contributed by atoms with Crippen LogP contribution in [0.5, 0.6) is 0 Å². The number of carboxylic acid groups (broad SMARTS) is 6. The average Bonchev–Trinajstić information content (AvgIpc) is 3.28. The van der Waals surface area contributed by atoms with E-state index in [1.807, 2.05) is 0 Å². The molecule has 6 N–H and O–H groups in total. The van der Waals surface area contributed by atoms with Crippen LogP contribution in [0.2, 0.25) is 0 Å². The van der Waals surface area contributed by atoms with Crippen molar-refractivity contribution in [3.05, 3.63) is 179 Å². The molecule has 0 aliphatic rings. The molecule has 6 rings (SSSR count). The van der Waals surface area contributed by atoms with Gasteiger partial charge < -0.3 is 30.6 Å². The first-order valence-electron chi connectivity index (χ1n) is 17.5. The summed E-state index contributed by atoms with van der Waals surface area (Å²) in [6, 6.07) is 40.3. The van der Waals surface area contributed by atoms with Gasteiger partial charge >= 0.3 is 35.8 Å². The zero-order valence-corrected chi connectivity index (χ0v) is 38.5. The Morgan fingerprint density at radius 1 is 0.286 bits per heavy atom. The molecule has 324 valence electrons. The molecule has 0 heterocycles. The number of thioether (sulfide) groups is 2. The summed E-state index contributed by atoms with van der Waals surface area (Å²) in [6.07, 6.45) is 0. The van der Waals surface area contributed by atoms with E-state index in [0.29, 0.717) is 34.5 Å². The van der Waals surface area contributed by atoms with Gasteiger partial charge in [0.15, 0.2) is 0 Å². The average molecular weight is 997 g/mol. The molecule has 0 bridgehead atoms. The van der Waals surface area contributed by atoms with Crippen LogP contribution in [-0.4, -0.2) is 71.5 Å². The van der Waals surface area contributed by atoms with Crippen molar-refractivity contribution in [2.75, 3.05) is 5.08 Å². The highest BCUT2D eigenvalue weighted by molar-refractivity contribution is 9.26. The summed E-state index contributed by atoms with van der Waals surface area (Å²) in [6.45, 7) is 0. The van der Waals surface area contributed by atoms with E-state index in [0.717, 1.165) is 0 Å².